The standard InChI is InChI=1S/C23H14BrClN6S/c24-13-5-10-19-16(11-13)21-22(27-18-4-2-1-3-17(18)26-21)30(19)12-20-28-29-23(32)31(20)15-8-6-14(25)7-9-15/h1-11H,12H2,(H,29,32). The zero-order chi connectivity index (χ0) is 21.8. The lowest BCUT2D eigenvalue weighted by atomic mass is 10.2. The van der Waals surface area contributed by atoms with Gasteiger partial charge in [0.15, 0.2) is 16.2 Å². The third-order valence-corrected chi connectivity index (χ3v) is 6.46. The van der Waals surface area contributed by atoms with Crippen LogP contribution < -0.4 is 0 Å². The van der Waals surface area contributed by atoms with Crippen molar-refractivity contribution < 1.29 is 0 Å². The van der Waals surface area contributed by atoms with Crippen molar-refractivity contribution in [2.75, 3.05) is 0 Å². The van der Waals surface area contributed by atoms with E-state index in [0.29, 0.717) is 16.3 Å². The molecule has 3 aromatic carbocycles. The zero-order valence-electron chi connectivity index (χ0n) is 16.5. The highest BCUT2D eigenvalue weighted by atomic mass is 79.9. The Morgan fingerprint density at radius 2 is 1.72 bits per heavy atom. The number of fused-ring (bicyclic) bond motifs is 4. The molecule has 32 heavy (non-hydrogen) atoms. The largest absolute Gasteiger partial charge is 0.316 e. The topological polar surface area (TPSA) is 64.3 Å². The first-order valence-corrected chi connectivity index (χ1v) is 11.4. The molecule has 0 aliphatic heterocycles. The predicted molar refractivity (Wildman–Crippen MR) is 133 cm³/mol. The molecule has 6 aromatic rings. The lowest BCUT2D eigenvalue weighted by Gasteiger charge is -2.10. The molecule has 0 saturated carbocycles. The van der Waals surface area contributed by atoms with Gasteiger partial charge in [-0.15, -0.1) is 0 Å². The molecule has 0 bridgehead atoms. The molecule has 3 heterocycles. The summed E-state index contributed by atoms with van der Waals surface area (Å²) >= 11 is 15.2. The van der Waals surface area contributed by atoms with E-state index in [-0.39, 0.29) is 0 Å². The number of nitrogens with zero attached hydrogens (tertiary/aromatic N) is 5. The Morgan fingerprint density at radius 3 is 2.50 bits per heavy atom. The van der Waals surface area contributed by atoms with Gasteiger partial charge in [-0.3, -0.25) is 9.67 Å². The number of nitrogens with one attached hydrogen (secondary N) is 1. The maximum atomic E-state index is 6.08. The lowest BCUT2D eigenvalue weighted by molar-refractivity contribution is 0.760. The number of hydrogen-bond acceptors (Lipinski definition) is 4. The molecule has 6 rings (SSSR count). The van der Waals surface area contributed by atoms with E-state index in [1.165, 1.54) is 0 Å². The van der Waals surface area contributed by atoms with E-state index in [1.54, 1.807) is 0 Å². The van der Waals surface area contributed by atoms with Crippen LogP contribution >= 0.6 is 39.7 Å². The summed E-state index contributed by atoms with van der Waals surface area (Å²) in [5.41, 5.74) is 5.28. The van der Waals surface area contributed by atoms with Gasteiger partial charge in [-0.25, -0.2) is 9.97 Å². The van der Waals surface area contributed by atoms with Crippen LogP contribution in [-0.4, -0.2) is 29.3 Å². The minimum Gasteiger partial charge on any atom is -0.316 e. The summed E-state index contributed by atoms with van der Waals surface area (Å²) < 4.78 is 5.55. The van der Waals surface area contributed by atoms with Crippen LogP contribution in [0.1, 0.15) is 5.82 Å². The molecular formula is C23H14BrClN6S. The molecule has 0 atom stereocenters. The number of rotatable bonds is 3. The number of para-hydroxylation sites is 2. The summed E-state index contributed by atoms with van der Waals surface area (Å²) in [6.45, 7) is 0.463. The van der Waals surface area contributed by atoms with E-state index in [1.807, 2.05) is 59.2 Å². The second-order valence-electron chi connectivity index (χ2n) is 7.39. The zero-order valence-corrected chi connectivity index (χ0v) is 19.6. The number of aromatic amines is 1. The molecule has 1 N–H and O–H groups in total. The molecule has 0 unspecified atom stereocenters. The van der Waals surface area contributed by atoms with E-state index >= 15 is 0 Å². The normalized spacial score (nSPS) is 11.7. The van der Waals surface area contributed by atoms with E-state index in [2.05, 4.69) is 42.8 Å². The van der Waals surface area contributed by atoms with Crippen molar-refractivity contribution in [2.45, 2.75) is 6.54 Å². The molecule has 9 heteroatoms. The van der Waals surface area contributed by atoms with Gasteiger partial charge >= 0.3 is 0 Å². The highest BCUT2D eigenvalue weighted by Crippen LogP contribution is 2.31. The van der Waals surface area contributed by atoms with E-state index < -0.39 is 0 Å². The van der Waals surface area contributed by atoms with Crippen LogP contribution in [0.3, 0.4) is 0 Å². The Hall–Kier alpha value is -3.07. The molecule has 0 fully saturated rings. The minimum atomic E-state index is 0.463. The summed E-state index contributed by atoms with van der Waals surface area (Å²) in [6, 6.07) is 21.6. The van der Waals surface area contributed by atoms with Crippen molar-refractivity contribution in [3.05, 3.63) is 86.8 Å². The van der Waals surface area contributed by atoms with Crippen LogP contribution in [0.5, 0.6) is 0 Å². The van der Waals surface area contributed by atoms with Gasteiger partial charge in [0, 0.05) is 20.6 Å². The molecule has 0 radical (unpaired) electrons. The quantitative estimate of drug-likeness (QED) is 0.272. The van der Waals surface area contributed by atoms with Gasteiger partial charge in [-0.1, -0.05) is 39.7 Å². The van der Waals surface area contributed by atoms with Gasteiger partial charge < -0.3 is 4.57 Å². The van der Waals surface area contributed by atoms with Crippen molar-refractivity contribution >= 4 is 72.8 Å². The summed E-state index contributed by atoms with van der Waals surface area (Å²) in [4.78, 5) is 9.89. The third kappa shape index (κ3) is 3.14. The number of hydrogen-bond donors (Lipinski definition) is 1. The first-order chi connectivity index (χ1) is 15.6. The van der Waals surface area contributed by atoms with Gasteiger partial charge in [0.1, 0.15) is 5.52 Å². The average molecular weight is 522 g/mol. The van der Waals surface area contributed by atoms with Crippen LogP contribution in [0, 0.1) is 4.77 Å². The molecule has 3 aromatic heterocycles. The second-order valence-corrected chi connectivity index (χ2v) is 9.13. The van der Waals surface area contributed by atoms with Crippen LogP contribution in [-0.2, 0) is 6.54 Å². The van der Waals surface area contributed by atoms with Crippen molar-refractivity contribution in [3.8, 4) is 5.69 Å². The molecule has 6 nitrogen and oxygen atoms in total. The smallest absolute Gasteiger partial charge is 0.199 e. The Bertz CT molecular complexity index is 1700. The maximum absolute atomic E-state index is 6.08. The minimum absolute atomic E-state index is 0.463. The average Bonchev–Trinajstić information content (AvgIpc) is 3.30. The molecule has 0 spiro atoms. The monoisotopic (exact) mass is 520 g/mol. The van der Waals surface area contributed by atoms with Crippen LogP contribution in [0.4, 0.5) is 0 Å². The SMILES string of the molecule is S=c1[nH]nc(Cn2c3ccc(Br)cc3c3nc4ccccc4nc32)n1-c1ccc(Cl)cc1. The fourth-order valence-electron chi connectivity index (χ4n) is 4.00. The number of benzene rings is 3. The van der Waals surface area contributed by atoms with Gasteiger partial charge in [-0.05, 0) is 66.8 Å². The molecule has 0 saturated heterocycles. The number of H-pyrrole nitrogens is 1. The highest BCUT2D eigenvalue weighted by Gasteiger charge is 2.18. The fraction of sp³-hybridized carbons (Fsp3) is 0.0435. The number of halogens is 2. The van der Waals surface area contributed by atoms with E-state index in [4.69, 9.17) is 33.8 Å². The molecular weight excluding hydrogens is 508 g/mol. The fourth-order valence-corrected chi connectivity index (χ4v) is 4.74. The Balaban J connectivity index is 1.61. The first-order valence-electron chi connectivity index (χ1n) is 9.85. The summed E-state index contributed by atoms with van der Waals surface area (Å²) in [5, 5.41) is 9.14. The van der Waals surface area contributed by atoms with Crippen molar-refractivity contribution in [3.63, 3.8) is 0 Å². The van der Waals surface area contributed by atoms with Crippen LogP contribution in [0.25, 0.3) is 38.8 Å². The van der Waals surface area contributed by atoms with Gasteiger partial charge in [0.2, 0.25) is 0 Å². The predicted octanol–water partition coefficient (Wildman–Crippen LogP) is 6.45. The summed E-state index contributed by atoms with van der Waals surface area (Å²) in [5.74, 6) is 0.758. The van der Waals surface area contributed by atoms with E-state index in [0.717, 1.165) is 49.1 Å². The summed E-state index contributed by atoms with van der Waals surface area (Å²) in [6.07, 6.45) is 0. The van der Waals surface area contributed by atoms with Crippen molar-refractivity contribution in [1.82, 2.24) is 29.3 Å². The van der Waals surface area contributed by atoms with Gasteiger partial charge in [0.25, 0.3) is 0 Å². The lowest BCUT2D eigenvalue weighted by Crippen LogP contribution is -2.08. The number of aromatic nitrogens is 6. The van der Waals surface area contributed by atoms with Crippen molar-refractivity contribution in [1.29, 1.82) is 0 Å². The third-order valence-electron chi connectivity index (χ3n) is 5.44. The Morgan fingerprint density at radius 1 is 0.969 bits per heavy atom. The Labute approximate surface area is 200 Å². The van der Waals surface area contributed by atoms with Gasteiger partial charge in [-0.2, -0.15) is 5.10 Å². The Kier molecular flexibility index (Phi) is 4.60. The molecule has 0 aliphatic carbocycles. The highest BCUT2D eigenvalue weighted by molar-refractivity contribution is 9.10. The van der Waals surface area contributed by atoms with Crippen molar-refractivity contribution in [2.24, 2.45) is 0 Å². The van der Waals surface area contributed by atoms with Gasteiger partial charge in [0.05, 0.1) is 23.1 Å². The van der Waals surface area contributed by atoms with E-state index in [9.17, 15) is 0 Å². The van der Waals surface area contributed by atoms with Crippen LogP contribution in [0.15, 0.2) is 71.2 Å². The molecule has 0 aliphatic rings. The summed E-state index contributed by atoms with van der Waals surface area (Å²) in [7, 11) is 0. The molecule has 0 amide bonds. The second kappa shape index (κ2) is 7.51. The first kappa shape index (κ1) is 19.6. The maximum Gasteiger partial charge on any atom is 0.199 e. The molecule has 156 valence electrons. The van der Waals surface area contributed by atoms with Crippen LogP contribution in [0.2, 0.25) is 5.02 Å².